The van der Waals surface area contributed by atoms with E-state index in [9.17, 15) is 4.79 Å². The molecule has 0 aliphatic carbocycles. The summed E-state index contributed by atoms with van der Waals surface area (Å²) < 4.78 is 1.92. The molecule has 0 spiro atoms. The fourth-order valence-corrected chi connectivity index (χ4v) is 3.08. The van der Waals surface area contributed by atoms with E-state index in [0.717, 1.165) is 26.1 Å². The number of aryl methyl sites for hydroxylation is 1. The number of hydrogen-bond acceptors (Lipinski definition) is 2. The lowest BCUT2D eigenvalue weighted by molar-refractivity contribution is 0.0780. The Hall–Kier alpha value is -2.23. The summed E-state index contributed by atoms with van der Waals surface area (Å²) in [5.74, 6) is 0.532. The number of anilines is 1. The van der Waals surface area contributed by atoms with Gasteiger partial charge in [-0.1, -0.05) is 30.3 Å². The minimum Gasteiger partial charge on any atom is -0.397 e. The number of nitrogens with two attached hydrogens (primary N) is 1. The van der Waals surface area contributed by atoms with Gasteiger partial charge in [0.25, 0.3) is 5.91 Å². The van der Waals surface area contributed by atoms with Crippen molar-refractivity contribution in [3.63, 3.8) is 0 Å². The summed E-state index contributed by atoms with van der Waals surface area (Å²) in [6, 6.07) is 12.2. The summed E-state index contributed by atoms with van der Waals surface area (Å²) in [5.41, 5.74) is 8.49. The van der Waals surface area contributed by atoms with Gasteiger partial charge in [0, 0.05) is 31.7 Å². The lowest BCUT2D eigenvalue weighted by atomic mass is 9.99. The van der Waals surface area contributed by atoms with Crippen LogP contribution >= 0.6 is 0 Å². The van der Waals surface area contributed by atoms with E-state index in [1.165, 1.54) is 5.56 Å². The molecule has 110 valence electrons. The van der Waals surface area contributed by atoms with Crippen molar-refractivity contribution in [3.05, 3.63) is 53.9 Å². The molecule has 1 unspecified atom stereocenters. The number of hydrogen-bond donors (Lipinski definition) is 1. The fourth-order valence-electron chi connectivity index (χ4n) is 3.08. The van der Waals surface area contributed by atoms with Gasteiger partial charge in [0.15, 0.2) is 0 Å². The third kappa shape index (κ3) is 2.66. The Morgan fingerprint density at radius 2 is 2.10 bits per heavy atom. The van der Waals surface area contributed by atoms with Crippen molar-refractivity contribution in [3.8, 4) is 0 Å². The Bertz CT molecular complexity index is 633. The van der Waals surface area contributed by atoms with Crippen LogP contribution in [0, 0.1) is 0 Å². The van der Waals surface area contributed by atoms with Crippen molar-refractivity contribution in [1.29, 1.82) is 0 Å². The largest absolute Gasteiger partial charge is 0.397 e. The SMILES string of the molecule is CCn1cc(N)cc1C(=O)N1CCC(c2ccccc2)C1. The molecule has 2 aromatic rings. The standard InChI is InChI=1S/C17H21N3O/c1-2-19-12-15(18)10-16(19)17(21)20-9-8-14(11-20)13-6-4-3-5-7-13/h3-7,10,12,14H,2,8-9,11,18H2,1H3. The highest BCUT2D eigenvalue weighted by atomic mass is 16.2. The van der Waals surface area contributed by atoms with Crippen LogP contribution in [0.15, 0.2) is 42.6 Å². The van der Waals surface area contributed by atoms with Gasteiger partial charge in [0.05, 0.1) is 5.69 Å². The molecule has 2 heterocycles. The molecule has 1 fully saturated rings. The van der Waals surface area contributed by atoms with E-state index in [4.69, 9.17) is 5.73 Å². The quantitative estimate of drug-likeness (QED) is 0.941. The van der Waals surface area contributed by atoms with E-state index in [2.05, 4.69) is 24.3 Å². The number of rotatable bonds is 3. The first-order valence-corrected chi connectivity index (χ1v) is 7.49. The van der Waals surface area contributed by atoms with Gasteiger partial charge in [-0.15, -0.1) is 0 Å². The summed E-state index contributed by atoms with van der Waals surface area (Å²) in [5, 5.41) is 0. The number of benzene rings is 1. The summed E-state index contributed by atoms with van der Waals surface area (Å²) in [6.45, 7) is 4.38. The summed E-state index contributed by atoms with van der Waals surface area (Å²) >= 11 is 0. The van der Waals surface area contributed by atoms with Gasteiger partial charge in [0.1, 0.15) is 5.69 Å². The van der Waals surface area contributed by atoms with Crippen LogP contribution in [-0.2, 0) is 6.54 Å². The molecule has 0 saturated carbocycles. The van der Waals surface area contributed by atoms with Crippen molar-refractivity contribution in [2.45, 2.75) is 25.8 Å². The molecule has 1 aromatic heterocycles. The molecular formula is C17H21N3O. The van der Waals surface area contributed by atoms with Crippen LogP contribution in [0.3, 0.4) is 0 Å². The third-order valence-electron chi connectivity index (χ3n) is 4.22. The predicted molar refractivity (Wildman–Crippen MR) is 84.2 cm³/mol. The second kappa shape index (κ2) is 5.64. The third-order valence-corrected chi connectivity index (χ3v) is 4.22. The first-order chi connectivity index (χ1) is 10.2. The lowest BCUT2D eigenvalue weighted by Gasteiger charge is -2.17. The Balaban J connectivity index is 1.75. The van der Waals surface area contributed by atoms with Crippen molar-refractivity contribution >= 4 is 11.6 Å². The molecule has 1 aromatic carbocycles. The Labute approximate surface area is 125 Å². The zero-order valence-electron chi connectivity index (χ0n) is 12.3. The van der Waals surface area contributed by atoms with Crippen molar-refractivity contribution in [2.75, 3.05) is 18.8 Å². The minimum atomic E-state index is 0.0898. The lowest BCUT2D eigenvalue weighted by Crippen LogP contribution is -2.30. The summed E-state index contributed by atoms with van der Waals surface area (Å²) in [4.78, 5) is 14.6. The molecule has 4 nitrogen and oxygen atoms in total. The molecule has 4 heteroatoms. The maximum absolute atomic E-state index is 12.7. The number of nitrogens with zero attached hydrogens (tertiary/aromatic N) is 2. The van der Waals surface area contributed by atoms with Crippen molar-refractivity contribution in [2.24, 2.45) is 0 Å². The zero-order chi connectivity index (χ0) is 14.8. The normalized spacial score (nSPS) is 18.1. The second-order valence-corrected chi connectivity index (χ2v) is 5.59. The molecular weight excluding hydrogens is 262 g/mol. The monoisotopic (exact) mass is 283 g/mol. The molecule has 0 radical (unpaired) electrons. The Kier molecular flexibility index (Phi) is 3.69. The first kappa shape index (κ1) is 13.7. The van der Waals surface area contributed by atoms with E-state index >= 15 is 0 Å². The molecule has 0 bridgehead atoms. The van der Waals surface area contributed by atoms with Gasteiger partial charge in [-0.2, -0.15) is 0 Å². The minimum absolute atomic E-state index is 0.0898. The maximum atomic E-state index is 12.7. The molecule has 1 atom stereocenters. The summed E-state index contributed by atoms with van der Waals surface area (Å²) in [7, 11) is 0. The molecule has 3 rings (SSSR count). The van der Waals surface area contributed by atoms with Crippen LogP contribution in [0.2, 0.25) is 0 Å². The van der Waals surface area contributed by atoms with Crippen LogP contribution in [-0.4, -0.2) is 28.5 Å². The van der Waals surface area contributed by atoms with Gasteiger partial charge in [-0.05, 0) is 25.0 Å². The van der Waals surface area contributed by atoms with Gasteiger partial charge in [-0.25, -0.2) is 0 Å². The zero-order valence-corrected chi connectivity index (χ0v) is 12.3. The van der Waals surface area contributed by atoms with E-state index in [1.807, 2.05) is 28.7 Å². The maximum Gasteiger partial charge on any atom is 0.270 e. The molecule has 2 N–H and O–H groups in total. The predicted octanol–water partition coefficient (Wildman–Crippen LogP) is 2.72. The van der Waals surface area contributed by atoms with Crippen LogP contribution in [0.4, 0.5) is 5.69 Å². The van der Waals surface area contributed by atoms with E-state index in [0.29, 0.717) is 17.3 Å². The molecule has 1 saturated heterocycles. The van der Waals surface area contributed by atoms with Crippen LogP contribution in [0.1, 0.15) is 35.3 Å². The molecule has 1 aliphatic rings. The fraction of sp³-hybridized carbons (Fsp3) is 0.353. The van der Waals surface area contributed by atoms with E-state index in [1.54, 1.807) is 6.07 Å². The van der Waals surface area contributed by atoms with Gasteiger partial charge in [0.2, 0.25) is 0 Å². The highest BCUT2D eigenvalue weighted by Crippen LogP contribution is 2.28. The van der Waals surface area contributed by atoms with Crippen molar-refractivity contribution < 1.29 is 4.79 Å². The second-order valence-electron chi connectivity index (χ2n) is 5.59. The van der Waals surface area contributed by atoms with E-state index in [-0.39, 0.29) is 5.91 Å². The number of carbonyl (C=O) groups excluding carboxylic acids is 1. The molecule has 21 heavy (non-hydrogen) atoms. The Morgan fingerprint density at radius 3 is 2.81 bits per heavy atom. The first-order valence-electron chi connectivity index (χ1n) is 7.49. The number of carbonyl (C=O) groups is 1. The average molecular weight is 283 g/mol. The van der Waals surface area contributed by atoms with Crippen LogP contribution in [0.5, 0.6) is 0 Å². The summed E-state index contributed by atoms with van der Waals surface area (Å²) in [6.07, 6.45) is 2.86. The number of amides is 1. The number of nitrogen functional groups attached to an aromatic ring is 1. The van der Waals surface area contributed by atoms with Gasteiger partial charge < -0.3 is 15.2 Å². The highest BCUT2D eigenvalue weighted by molar-refractivity contribution is 5.94. The number of aromatic nitrogens is 1. The van der Waals surface area contributed by atoms with E-state index < -0.39 is 0 Å². The molecule has 1 amide bonds. The number of likely N-dealkylation sites (tertiary alicyclic amines) is 1. The van der Waals surface area contributed by atoms with Gasteiger partial charge >= 0.3 is 0 Å². The molecule has 1 aliphatic heterocycles. The topological polar surface area (TPSA) is 51.3 Å². The van der Waals surface area contributed by atoms with Crippen molar-refractivity contribution in [1.82, 2.24) is 9.47 Å². The Morgan fingerprint density at radius 1 is 1.33 bits per heavy atom. The smallest absolute Gasteiger partial charge is 0.270 e. The van der Waals surface area contributed by atoms with Crippen LogP contribution in [0.25, 0.3) is 0 Å². The highest BCUT2D eigenvalue weighted by Gasteiger charge is 2.29. The average Bonchev–Trinajstić information content (AvgIpc) is 3.14. The van der Waals surface area contributed by atoms with Gasteiger partial charge in [-0.3, -0.25) is 4.79 Å². The van der Waals surface area contributed by atoms with Crippen LogP contribution < -0.4 is 5.73 Å².